The van der Waals surface area contributed by atoms with Crippen molar-refractivity contribution in [2.24, 2.45) is 5.92 Å². The van der Waals surface area contributed by atoms with Crippen molar-refractivity contribution in [3.8, 4) is 0 Å². The summed E-state index contributed by atoms with van der Waals surface area (Å²) in [6.07, 6.45) is 8.20. The van der Waals surface area contributed by atoms with Crippen molar-refractivity contribution < 1.29 is 9.59 Å². The predicted octanol–water partition coefficient (Wildman–Crippen LogP) is 1.30. The maximum absolute atomic E-state index is 12.0. The fourth-order valence-electron chi connectivity index (χ4n) is 2.30. The monoisotopic (exact) mass is 306 g/mol. The second kappa shape index (κ2) is 7.68. The number of hydrogen-bond acceptors (Lipinski definition) is 4. The van der Waals surface area contributed by atoms with Crippen molar-refractivity contribution in [2.75, 3.05) is 0 Å². The second-order valence-electron chi connectivity index (χ2n) is 4.97. The van der Waals surface area contributed by atoms with Crippen molar-refractivity contribution in [1.82, 2.24) is 21.2 Å². The quantitative estimate of drug-likeness (QED) is 0.566. The van der Waals surface area contributed by atoms with E-state index < -0.39 is 0 Å². The molecule has 112 valence electrons. The van der Waals surface area contributed by atoms with Crippen LogP contribution in [0, 0.1) is 5.92 Å². The van der Waals surface area contributed by atoms with Gasteiger partial charge in [-0.3, -0.25) is 25.4 Å². The minimum Gasteiger partial charge on any atom is -0.302 e. The molecule has 0 spiro atoms. The average Bonchev–Trinajstić information content (AvgIpc) is 2.54. The van der Waals surface area contributed by atoms with Crippen LogP contribution >= 0.6 is 12.2 Å². The molecule has 2 rings (SSSR count). The van der Waals surface area contributed by atoms with Crippen molar-refractivity contribution in [2.45, 2.75) is 32.1 Å². The first kappa shape index (κ1) is 15.4. The largest absolute Gasteiger partial charge is 0.302 e. The van der Waals surface area contributed by atoms with Crippen LogP contribution in [0.2, 0.25) is 0 Å². The number of nitrogens with one attached hydrogen (secondary N) is 3. The smallest absolute Gasteiger partial charge is 0.269 e. The molecule has 2 amide bonds. The van der Waals surface area contributed by atoms with E-state index in [9.17, 15) is 9.59 Å². The van der Waals surface area contributed by atoms with Crippen molar-refractivity contribution in [3.63, 3.8) is 0 Å². The normalized spacial score (nSPS) is 15.0. The zero-order valence-corrected chi connectivity index (χ0v) is 12.4. The Labute approximate surface area is 128 Å². The summed E-state index contributed by atoms with van der Waals surface area (Å²) in [5.41, 5.74) is 5.42. The highest BCUT2D eigenvalue weighted by molar-refractivity contribution is 7.80. The molecule has 3 N–H and O–H groups in total. The van der Waals surface area contributed by atoms with Gasteiger partial charge in [-0.25, -0.2) is 0 Å². The van der Waals surface area contributed by atoms with Gasteiger partial charge in [0.05, 0.1) is 0 Å². The van der Waals surface area contributed by atoms with Crippen molar-refractivity contribution in [3.05, 3.63) is 30.1 Å². The van der Waals surface area contributed by atoms with Gasteiger partial charge >= 0.3 is 0 Å². The third-order valence-corrected chi connectivity index (χ3v) is 3.65. The van der Waals surface area contributed by atoms with E-state index in [1.54, 1.807) is 12.1 Å². The lowest BCUT2D eigenvalue weighted by molar-refractivity contribution is -0.124. The Morgan fingerprint density at radius 1 is 1.10 bits per heavy atom. The van der Waals surface area contributed by atoms with E-state index in [1.165, 1.54) is 18.8 Å². The summed E-state index contributed by atoms with van der Waals surface area (Å²) in [6, 6.07) is 3.17. The summed E-state index contributed by atoms with van der Waals surface area (Å²) in [5.74, 6) is -0.397. The lowest BCUT2D eigenvalue weighted by atomic mass is 9.89. The number of hydrazine groups is 1. The lowest BCUT2D eigenvalue weighted by Gasteiger charge is -2.21. The van der Waals surface area contributed by atoms with Crippen molar-refractivity contribution >= 4 is 29.1 Å². The van der Waals surface area contributed by atoms with Gasteiger partial charge in [-0.05, 0) is 37.2 Å². The molecule has 1 aromatic rings. The third kappa shape index (κ3) is 4.78. The maximum Gasteiger partial charge on any atom is 0.269 e. The van der Waals surface area contributed by atoms with Crippen LogP contribution in [0.4, 0.5) is 0 Å². The molecule has 21 heavy (non-hydrogen) atoms. The molecule has 0 unspecified atom stereocenters. The zero-order chi connectivity index (χ0) is 15.1. The number of pyridine rings is 1. The summed E-state index contributed by atoms with van der Waals surface area (Å²) >= 11 is 5.00. The summed E-state index contributed by atoms with van der Waals surface area (Å²) in [7, 11) is 0. The first-order chi connectivity index (χ1) is 10.2. The van der Waals surface area contributed by atoms with Crippen LogP contribution < -0.4 is 16.2 Å². The summed E-state index contributed by atoms with van der Waals surface area (Å²) in [6.45, 7) is 0. The molecule has 1 saturated carbocycles. The van der Waals surface area contributed by atoms with E-state index in [1.807, 2.05) is 0 Å². The zero-order valence-electron chi connectivity index (χ0n) is 11.6. The third-order valence-electron chi connectivity index (χ3n) is 3.44. The molecule has 0 saturated heterocycles. The first-order valence-electron chi connectivity index (χ1n) is 6.98. The minimum absolute atomic E-state index is 0.0226. The van der Waals surface area contributed by atoms with Gasteiger partial charge in [-0.2, -0.15) is 0 Å². The highest BCUT2D eigenvalue weighted by Crippen LogP contribution is 2.23. The van der Waals surface area contributed by atoms with E-state index in [0.717, 1.165) is 25.7 Å². The molecular weight excluding hydrogens is 288 g/mol. The molecule has 0 atom stereocenters. The Hall–Kier alpha value is -2.02. The first-order valence-corrected chi connectivity index (χ1v) is 7.39. The molecular formula is C14H18N4O2S. The number of thiocarbonyl (C=S) groups is 1. The Bertz CT molecular complexity index is 515. The molecule has 0 aromatic carbocycles. The van der Waals surface area contributed by atoms with E-state index >= 15 is 0 Å². The highest BCUT2D eigenvalue weighted by atomic mass is 32.1. The average molecular weight is 306 g/mol. The summed E-state index contributed by atoms with van der Waals surface area (Å²) < 4.78 is 0. The summed E-state index contributed by atoms with van der Waals surface area (Å²) in [4.78, 5) is 27.6. The molecule has 0 radical (unpaired) electrons. The Morgan fingerprint density at radius 3 is 2.43 bits per heavy atom. The number of amides is 2. The van der Waals surface area contributed by atoms with E-state index in [2.05, 4.69) is 21.2 Å². The SMILES string of the molecule is O=C(NNC(=S)NC(=O)C1CCCCC1)c1ccncc1. The molecule has 1 aliphatic rings. The van der Waals surface area contributed by atoms with Gasteiger partial charge < -0.3 is 5.32 Å². The van der Waals surface area contributed by atoms with Crippen LogP contribution in [0.1, 0.15) is 42.5 Å². The van der Waals surface area contributed by atoms with Gasteiger partial charge in [0.15, 0.2) is 5.11 Å². The van der Waals surface area contributed by atoms with Crippen LogP contribution in [0.15, 0.2) is 24.5 Å². The van der Waals surface area contributed by atoms with Gasteiger partial charge in [0, 0.05) is 23.9 Å². The molecule has 6 nitrogen and oxygen atoms in total. The van der Waals surface area contributed by atoms with E-state index in [0.29, 0.717) is 5.56 Å². The maximum atomic E-state index is 12.0. The van der Waals surface area contributed by atoms with Crippen LogP contribution in [-0.4, -0.2) is 21.9 Å². The predicted molar refractivity (Wildman–Crippen MR) is 82.2 cm³/mol. The number of hydrogen-bond donors (Lipinski definition) is 3. The molecule has 0 bridgehead atoms. The molecule has 0 aliphatic heterocycles. The Morgan fingerprint density at radius 2 is 1.76 bits per heavy atom. The topological polar surface area (TPSA) is 83.1 Å². The van der Waals surface area contributed by atoms with E-state index in [-0.39, 0.29) is 22.8 Å². The summed E-state index contributed by atoms with van der Waals surface area (Å²) in [5, 5.41) is 2.72. The van der Waals surface area contributed by atoms with Gasteiger partial charge in [-0.1, -0.05) is 19.3 Å². The second-order valence-corrected chi connectivity index (χ2v) is 5.38. The fourth-order valence-corrected chi connectivity index (χ4v) is 2.45. The molecule has 1 aliphatic carbocycles. The number of rotatable bonds is 2. The van der Waals surface area contributed by atoms with Gasteiger partial charge in [-0.15, -0.1) is 0 Å². The minimum atomic E-state index is -0.341. The number of carbonyl (C=O) groups is 2. The Kier molecular flexibility index (Phi) is 5.62. The van der Waals surface area contributed by atoms with Crippen LogP contribution in [-0.2, 0) is 4.79 Å². The van der Waals surface area contributed by atoms with Crippen LogP contribution in [0.5, 0.6) is 0 Å². The molecule has 1 heterocycles. The van der Waals surface area contributed by atoms with E-state index in [4.69, 9.17) is 12.2 Å². The standard InChI is InChI=1S/C14H18N4O2S/c19-12(10-4-2-1-3-5-10)16-14(21)18-17-13(20)11-6-8-15-9-7-11/h6-10H,1-5H2,(H,17,20)(H2,16,18,19,21). The lowest BCUT2D eigenvalue weighted by Crippen LogP contribution is -2.49. The van der Waals surface area contributed by atoms with Crippen molar-refractivity contribution in [1.29, 1.82) is 0 Å². The molecule has 7 heteroatoms. The Balaban J connectivity index is 1.74. The van der Waals surface area contributed by atoms with Crippen LogP contribution in [0.25, 0.3) is 0 Å². The number of aromatic nitrogens is 1. The van der Waals surface area contributed by atoms with Gasteiger partial charge in [0.25, 0.3) is 5.91 Å². The van der Waals surface area contributed by atoms with Crippen LogP contribution in [0.3, 0.4) is 0 Å². The molecule has 1 fully saturated rings. The van der Waals surface area contributed by atoms with Gasteiger partial charge in [0.2, 0.25) is 5.91 Å². The van der Waals surface area contributed by atoms with Gasteiger partial charge in [0.1, 0.15) is 0 Å². The number of nitrogens with zero attached hydrogens (tertiary/aromatic N) is 1. The highest BCUT2D eigenvalue weighted by Gasteiger charge is 2.21. The molecule has 1 aromatic heterocycles. The number of carbonyl (C=O) groups excluding carboxylic acids is 2. The fraction of sp³-hybridized carbons (Fsp3) is 0.429.